The van der Waals surface area contributed by atoms with E-state index in [4.69, 9.17) is 16.4 Å². The molecule has 0 saturated heterocycles. The van der Waals surface area contributed by atoms with E-state index in [0.717, 1.165) is 11.1 Å². The van der Waals surface area contributed by atoms with Gasteiger partial charge >= 0.3 is 0 Å². The van der Waals surface area contributed by atoms with Crippen molar-refractivity contribution in [2.75, 3.05) is 0 Å². The van der Waals surface area contributed by atoms with Crippen molar-refractivity contribution in [1.29, 1.82) is 0 Å². The van der Waals surface area contributed by atoms with Crippen molar-refractivity contribution >= 4 is 23.2 Å². The summed E-state index contributed by atoms with van der Waals surface area (Å²) in [5.41, 5.74) is 1.36. The Morgan fingerprint density at radius 2 is 2.17 bits per heavy atom. The molecule has 3 rings (SSSR count). The van der Waals surface area contributed by atoms with Gasteiger partial charge in [0.15, 0.2) is 0 Å². The second-order valence-corrected chi connectivity index (χ2v) is 5.97. The highest BCUT2D eigenvalue weighted by Gasteiger charge is 2.42. The predicted molar refractivity (Wildman–Crippen MR) is 88.2 cm³/mol. The van der Waals surface area contributed by atoms with Crippen molar-refractivity contribution in [3.63, 3.8) is 0 Å². The van der Waals surface area contributed by atoms with Crippen LogP contribution in [0.25, 0.3) is 0 Å². The number of nitrogens with zero attached hydrogens (tertiary/aromatic N) is 2. The number of oxime groups is 1. The molecule has 0 spiro atoms. The first-order chi connectivity index (χ1) is 11.1. The van der Waals surface area contributed by atoms with Crippen LogP contribution in [0.1, 0.15) is 24.5 Å². The molecule has 2 heterocycles. The maximum atomic E-state index is 12.4. The van der Waals surface area contributed by atoms with Gasteiger partial charge in [0.25, 0.3) is 5.91 Å². The molecule has 0 aliphatic carbocycles. The fourth-order valence-corrected chi connectivity index (χ4v) is 2.62. The van der Waals surface area contributed by atoms with Crippen LogP contribution in [0, 0.1) is 0 Å². The standard InChI is InChI=1S/C17H16ClN3O2/c1-17(16(22)20-11-12-5-4-8-19-10-12)9-15(21-23-17)13-6-2-3-7-14(13)18/h2-8,10H,9,11H2,1H3,(H,20,22)/t17-/m1/s1. The number of aromatic nitrogens is 1. The highest BCUT2D eigenvalue weighted by Crippen LogP contribution is 2.29. The number of halogens is 1. The van der Waals surface area contributed by atoms with Crippen LogP contribution in [0.3, 0.4) is 0 Å². The number of hydrogen-bond donors (Lipinski definition) is 1. The second-order valence-electron chi connectivity index (χ2n) is 5.56. The Balaban J connectivity index is 1.65. The Hall–Kier alpha value is -2.40. The van der Waals surface area contributed by atoms with Crippen LogP contribution >= 0.6 is 11.6 Å². The molecule has 23 heavy (non-hydrogen) atoms. The van der Waals surface area contributed by atoms with Crippen molar-refractivity contribution in [1.82, 2.24) is 10.3 Å². The minimum atomic E-state index is -1.03. The first-order valence-electron chi connectivity index (χ1n) is 7.26. The Labute approximate surface area is 139 Å². The van der Waals surface area contributed by atoms with Crippen LogP contribution in [0.2, 0.25) is 5.02 Å². The van der Waals surface area contributed by atoms with E-state index in [-0.39, 0.29) is 5.91 Å². The minimum Gasteiger partial charge on any atom is -0.379 e. The average Bonchev–Trinajstić information content (AvgIpc) is 2.97. The van der Waals surface area contributed by atoms with Crippen molar-refractivity contribution < 1.29 is 9.63 Å². The molecule has 0 radical (unpaired) electrons. The van der Waals surface area contributed by atoms with Gasteiger partial charge in [-0.1, -0.05) is 41.0 Å². The smallest absolute Gasteiger partial charge is 0.267 e. The number of carbonyl (C=O) groups is 1. The highest BCUT2D eigenvalue weighted by molar-refractivity contribution is 6.34. The lowest BCUT2D eigenvalue weighted by Crippen LogP contribution is -2.44. The van der Waals surface area contributed by atoms with Crippen LogP contribution in [0.4, 0.5) is 0 Å². The first kappa shape index (κ1) is 15.5. The minimum absolute atomic E-state index is 0.216. The number of nitrogens with one attached hydrogen (secondary N) is 1. The Bertz CT molecular complexity index is 749. The summed E-state index contributed by atoms with van der Waals surface area (Å²) in [4.78, 5) is 21.9. The molecule has 118 valence electrons. The molecule has 5 nitrogen and oxygen atoms in total. The van der Waals surface area contributed by atoms with Crippen LogP contribution in [0.5, 0.6) is 0 Å². The van der Waals surface area contributed by atoms with Crippen molar-refractivity contribution in [2.45, 2.75) is 25.5 Å². The summed E-state index contributed by atoms with van der Waals surface area (Å²) in [5, 5.41) is 7.51. The predicted octanol–water partition coefficient (Wildman–Crippen LogP) is 2.93. The summed E-state index contributed by atoms with van der Waals surface area (Å²) in [5.74, 6) is -0.216. The maximum absolute atomic E-state index is 12.4. The number of amides is 1. The fourth-order valence-electron chi connectivity index (χ4n) is 2.37. The van der Waals surface area contributed by atoms with E-state index in [0.29, 0.717) is 23.7 Å². The van der Waals surface area contributed by atoms with Crippen LogP contribution in [-0.2, 0) is 16.2 Å². The molecule has 1 atom stereocenters. The van der Waals surface area contributed by atoms with Gasteiger partial charge in [0.2, 0.25) is 5.60 Å². The van der Waals surface area contributed by atoms with Gasteiger partial charge < -0.3 is 10.2 Å². The van der Waals surface area contributed by atoms with Gasteiger partial charge in [0.05, 0.1) is 5.71 Å². The quantitative estimate of drug-likeness (QED) is 0.938. The topological polar surface area (TPSA) is 63.6 Å². The first-order valence-corrected chi connectivity index (χ1v) is 7.63. The van der Waals surface area contributed by atoms with E-state index < -0.39 is 5.60 Å². The summed E-state index contributed by atoms with van der Waals surface area (Å²) in [6.45, 7) is 2.12. The Morgan fingerprint density at radius 1 is 1.35 bits per heavy atom. The summed E-state index contributed by atoms with van der Waals surface area (Å²) < 4.78 is 0. The van der Waals surface area contributed by atoms with Gasteiger partial charge in [0.1, 0.15) is 0 Å². The van der Waals surface area contributed by atoms with Gasteiger partial charge in [-0.15, -0.1) is 0 Å². The Kier molecular flexibility index (Phi) is 4.30. The molecule has 1 N–H and O–H groups in total. The molecule has 0 unspecified atom stereocenters. The largest absolute Gasteiger partial charge is 0.379 e. The molecular formula is C17H16ClN3O2. The third-order valence-corrected chi connectivity index (χ3v) is 4.03. The molecule has 0 fully saturated rings. The van der Waals surface area contributed by atoms with Crippen molar-refractivity contribution in [3.05, 3.63) is 64.9 Å². The molecule has 0 bridgehead atoms. The zero-order valence-corrected chi connectivity index (χ0v) is 13.4. The lowest BCUT2D eigenvalue weighted by atomic mass is 9.95. The highest BCUT2D eigenvalue weighted by atomic mass is 35.5. The lowest BCUT2D eigenvalue weighted by Gasteiger charge is -2.20. The van der Waals surface area contributed by atoms with Crippen molar-refractivity contribution in [2.24, 2.45) is 5.16 Å². The van der Waals surface area contributed by atoms with E-state index in [1.54, 1.807) is 25.4 Å². The molecular weight excluding hydrogens is 314 g/mol. The number of hydrogen-bond acceptors (Lipinski definition) is 4. The normalized spacial score (nSPS) is 19.8. The van der Waals surface area contributed by atoms with Crippen LogP contribution in [0.15, 0.2) is 53.9 Å². The van der Waals surface area contributed by atoms with E-state index in [2.05, 4.69) is 15.5 Å². The molecule has 1 aromatic heterocycles. The van der Waals surface area contributed by atoms with Gasteiger partial charge in [-0.05, 0) is 24.6 Å². The van der Waals surface area contributed by atoms with Gasteiger partial charge in [-0.2, -0.15) is 0 Å². The zero-order valence-electron chi connectivity index (χ0n) is 12.6. The third-order valence-electron chi connectivity index (χ3n) is 3.70. The number of rotatable bonds is 4. The average molecular weight is 330 g/mol. The molecule has 1 aliphatic heterocycles. The van der Waals surface area contributed by atoms with Gasteiger partial charge in [-0.3, -0.25) is 9.78 Å². The summed E-state index contributed by atoms with van der Waals surface area (Å²) in [6.07, 6.45) is 3.77. The molecule has 1 aliphatic rings. The molecule has 2 aromatic rings. The molecule has 6 heteroatoms. The zero-order chi connectivity index (χ0) is 16.3. The molecule has 1 amide bonds. The molecule has 1 aromatic carbocycles. The van der Waals surface area contributed by atoms with E-state index >= 15 is 0 Å². The maximum Gasteiger partial charge on any atom is 0.267 e. The monoisotopic (exact) mass is 329 g/mol. The summed E-state index contributed by atoms with van der Waals surface area (Å²) in [7, 11) is 0. The van der Waals surface area contributed by atoms with Gasteiger partial charge in [0, 0.05) is 35.9 Å². The van der Waals surface area contributed by atoms with Gasteiger partial charge in [-0.25, -0.2) is 0 Å². The SMILES string of the molecule is C[C@]1(C(=O)NCc2cccnc2)CC(c2ccccc2Cl)=NO1. The van der Waals surface area contributed by atoms with Crippen molar-refractivity contribution in [3.8, 4) is 0 Å². The number of benzene rings is 1. The van der Waals surface area contributed by atoms with Crippen LogP contribution in [-0.4, -0.2) is 22.2 Å². The number of carbonyl (C=O) groups excluding carboxylic acids is 1. The van der Waals surface area contributed by atoms with Crippen LogP contribution < -0.4 is 5.32 Å². The second kappa shape index (κ2) is 6.38. The summed E-state index contributed by atoms with van der Waals surface area (Å²) >= 11 is 6.17. The number of pyridine rings is 1. The van der Waals surface area contributed by atoms with E-state index in [9.17, 15) is 4.79 Å². The third kappa shape index (κ3) is 3.35. The Morgan fingerprint density at radius 3 is 2.91 bits per heavy atom. The summed E-state index contributed by atoms with van der Waals surface area (Å²) in [6, 6.07) is 11.1. The van der Waals surface area contributed by atoms with E-state index in [1.807, 2.05) is 30.3 Å². The van der Waals surface area contributed by atoms with E-state index in [1.165, 1.54) is 0 Å². The molecule has 0 saturated carbocycles. The lowest BCUT2D eigenvalue weighted by molar-refractivity contribution is -0.141. The fraction of sp³-hybridized carbons (Fsp3) is 0.235.